The summed E-state index contributed by atoms with van der Waals surface area (Å²) in [7, 11) is 0. The Morgan fingerprint density at radius 1 is 1.43 bits per heavy atom. The number of anilines is 2. The minimum Gasteiger partial charge on any atom is -0.310 e. The molecule has 0 spiro atoms. The van der Waals surface area contributed by atoms with E-state index in [1.54, 1.807) is 22.0 Å². The van der Waals surface area contributed by atoms with Gasteiger partial charge in [0.2, 0.25) is 11.8 Å². The Morgan fingerprint density at radius 3 is 3.04 bits per heavy atom. The van der Waals surface area contributed by atoms with E-state index in [1.165, 1.54) is 11.3 Å². The van der Waals surface area contributed by atoms with Crippen molar-refractivity contribution in [3.63, 3.8) is 0 Å². The minimum absolute atomic E-state index is 0.0840. The number of nitrogens with one attached hydrogen (secondary N) is 1. The van der Waals surface area contributed by atoms with Crippen LogP contribution in [0.5, 0.6) is 0 Å². The van der Waals surface area contributed by atoms with Crippen molar-refractivity contribution in [1.82, 2.24) is 14.8 Å². The third-order valence-corrected chi connectivity index (χ3v) is 5.66. The van der Waals surface area contributed by atoms with Crippen molar-refractivity contribution in [3.8, 4) is 0 Å². The van der Waals surface area contributed by atoms with Crippen LogP contribution in [0.2, 0.25) is 5.02 Å². The molecule has 144 valence electrons. The van der Waals surface area contributed by atoms with Gasteiger partial charge in [0, 0.05) is 35.1 Å². The molecule has 1 aliphatic rings. The largest absolute Gasteiger partial charge is 0.310 e. The van der Waals surface area contributed by atoms with E-state index in [0.29, 0.717) is 29.1 Å². The molecule has 2 aromatic heterocycles. The highest BCUT2D eigenvalue weighted by molar-refractivity contribution is 7.13. The van der Waals surface area contributed by atoms with E-state index in [4.69, 9.17) is 11.6 Å². The molecule has 1 aliphatic heterocycles. The smallest absolute Gasteiger partial charge is 0.230 e. The fraction of sp³-hybridized carbons (Fsp3) is 0.263. The lowest BCUT2D eigenvalue weighted by molar-refractivity contribution is -0.122. The molecule has 1 fully saturated rings. The van der Waals surface area contributed by atoms with Crippen molar-refractivity contribution < 1.29 is 9.59 Å². The normalized spacial score (nSPS) is 16.6. The van der Waals surface area contributed by atoms with Gasteiger partial charge >= 0.3 is 0 Å². The molecule has 0 bridgehead atoms. The van der Waals surface area contributed by atoms with Gasteiger partial charge in [-0.25, -0.2) is 9.67 Å². The number of benzene rings is 1. The van der Waals surface area contributed by atoms with Crippen LogP contribution in [0.15, 0.2) is 42.0 Å². The number of aromatic nitrogens is 3. The highest BCUT2D eigenvalue weighted by atomic mass is 35.5. The van der Waals surface area contributed by atoms with Crippen LogP contribution in [-0.2, 0) is 16.1 Å². The number of hydrogen-bond acceptors (Lipinski definition) is 5. The van der Waals surface area contributed by atoms with Gasteiger partial charge in [-0.1, -0.05) is 23.7 Å². The van der Waals surface area contributed by atoms with Gasteiger partial charge < -0.3 is 5.32 Å². The second-order valence-electron chi connectivity index (χ2n) is 6.67. The zero-order valence-corrected chi connectivity index (χ0v) is 16.7. The van der Waals surface area contributed by atoms with Crippen molar-refractivity contribution >= 4 is 45.7 Å². The van der Waals surface area contributed by atoms with E-state index >= 15 is 0 Å². The third kappa shape index (κ3) is 3.79. The molecular weight excluding hydrogens is 398 g/mol. The zero-order chi connectivity index (χ0) is 19.7. The quantitative estimate of drug-likeness (QED) is 0.693. The van der Waals surface area contributed by atoms with Gasteiger partial charge in [0.15, 0.2) is 5.13 Å². The maximum atomic E-state index is 12.8. The Hall–Kier alpha value is -2.71. The molecule has 9 heteroatoms. The highest BCUT2D eigenvalue weighted by Crippen LogP contribution is 2.28. The number of nitrogens with zero attached hydrogens (tertiary/aromatic N) is 4. The summed E-state index contributed by atoms with van der Waals surface area (Å²) in [5.41, 5.74) is 1.84. The number of halogens is 1. The Morgan fingerprint density at radius 2 is 2.29 bits per heavy atom. The monoisotopic (exact) mass is 415 g/mol. The van der Waals surface area contributed by atoms with Crippen LogP contribution < -0.4 is 10.2 Å². The second-order valence-corrected chi connectivity index (χ2v) is 7.98. The summed E-state index contributed by atoms with van der Waals surface area (Å²) in [6.45, 7) is 2.71. The number of rotatable bonds is 5. The van der Waals surface area contributed by atoms with Gasteiger partial charge in [-0.05, 0) is 24.6 Å². The molecule has 0 radical (unpaired) electrons. The predicted molar refractivity (Wildman–Crippen MR) is 109 cm³/mol. The number of carbonyl (C=O) groups excluding carboxylic acids is 2. The number of hydrogen-bond donors (Lipinski definition) is 1. The summed E-state index contributed by atoms with van der Waals surface area (Å²) in [4.78, 5) is 30.8. The molecule has 1 unspecified atom stereocenters. The van der Waals surface area contributed by atoms with Crippen molar-refractivity contribution in [3.05, 3.63) is 58.2 Å². The predicted octanol–water partition coefficient (Wildman–Crippen LogP) is 3.34. The van der Waals surface area contributed by atoms with Crippen molar-refractivity contribution in [2.45, 2.75) is 19.9 Å². The summed E-state index contributed by atoms with van der Waals surface area (Å²) in [5, 5.41) is 10.4. The fourth-order valence-corrected chi connectivity index (χ4v) is 4.09. The molecule has 28 heavy (non-hydrogen) atoms. The van der Waals surface area contributed by atoms with Crippen LogP contribution >= 0.6 is 22.9 Å². The molecule has 0 saturated carbocycles. The first-order valence-corrected chi connectivity index (χ1v) is 10.0. The van der Waals surface area contributed by atoms with Crippen LogP contribution in [0.1, 0.15) is 17.5 Å². The van der Waals surface area contributed by atoms with Crippen LogP contribution in [0.4, 0.5) is 10.9 Å². The van der Waals surface area contributed by atoms with Gasteiger partial charge in [-0.2, -0.15) is 5.10 Å². The number of carbonyl (C=O) groups is 2. The van der Waals surface area contributed by atoms with E-state index < -0.39 is 5.92 Å². The van der Waals surface area contributed by atoms with Gasteiger partial charge in [-0.15, -0.1) is 11.3 Å². The molecule has 1 aromatic carbocycles. The van der Waals surface area contributed by atoms with E-state index in [0.717, 1.165) is 11.1 Å². The van der Waals surface area contributed by atoms with Crippen molar-refractivity contribution in [2.75, 3.05) is 16.8 Å². The topological polar surface area (TPSA) is 80.1 Å². The maximum Gasteiger partial charge on any atom is 0.230 e. The minimum atomic E-state index is -0.426. The van der Waals surface area contributed by atoms with Crippen molar-refractivity contribution in [2.24, 2.45) is 5.92 Å². The highest BCUT2D eigenvalue weighted by Gasteiger charge is 2.36. The van der Waals surface area contributed by atoms with Gasteiger partial charge in [0.1, 0.15) is 5.82 Å². The lowest BCUT2D eigenvalue weighted by atomic mass is 10.1. The average Bonchev–Trinajstić information content (AvgIpc) is 3.38. The van der Waals surface area contributed by atoms with Crippen LogP contribution in [0.25, 0.3) is 0 Å². The average molecular weight is 416 g/mol. The maximum absolute atomic E-state index is 12.8. The molecule has 7 nitrogen and oxygen atoms in total. The lowest BCUT2D eigenvalue weighted by Gasteiger charge is -2.14. The summed E-state index contributed by atoms with van der Waals surface area (Å²) < 4.78 is 1.73. The fourth-order valence-electron chi connectivity index (χ4n) is 3.21. The lowest BCUT2D eigenvalue weighted by Crippen LogP contribution is -2.28. The van der Waals surface area contributed by atoms with E-state index in [-0.39, 0.29) is 18.2 Å². The van der Waals surface area contributed by atoms with E-state index in [2.05, 4.69) is 15.4 Å². The van der Waals surface area contributed by atoms with Gasteiger partial charge in [-0.3, -0.25) is 14.5 Å². The molecule has 1 saturated heterocycles. The second kappa shape index (κ2) is 7.73. The molecule has 1 N–H and O–H groups in total. The molecule has 4 rings (SSSR count). The van der Waals surface area contributed by atoms with E-state index in [9.17, 15) is 9.59 Å². The number of thiazole rings is 1. The number of aryl methyl sites for hydroxylation is 1. The Bertz CT molecular complexity index is 1020. The molecule has 0 aliphatic carbocycles. The van der Waals surface area contributed by atoms with E-state index in [1.807, 2.05) is 36.6 Å². The first-order chi connectivity index (χ1) is 13.5. The summed E-state index contributed by atoms with van der Waals surface area (Å²) in [6, 6.07) is 7.51. The SMILES string of the molecule is Cc1cnn(Cc2cccc(Cl)c2)c1NC(=O)C1CC(=O)N(c2nccs2)C1. The molecule has 2 amide bonds. The molecular formula is C19H18ClN5O2S. The van der Waals surface area contributed by atoms with Gasteiger partial charge in [0.25, 0.3) is 0 Å². The van der Waals surface area contributed by atoms with Crippen molar-refractivity contribution in [1.29, 1.82) is 0 Å². The molecule has 3 aromatic rings. The van der Waals surface area contributed by atoms with Crippen LogP contribution in [0.3, 0.4) is 0 Å². The number of amides is 2. The molecule has 1 atom stereocenters. The van der Waals surface area contributed by atoms with Gasteiger partial charge in [0.05, 0.1) is 18.7 Å². The zero-order valence-electron chi connectivity index (χ0n) is 15.1. The summed E-state index contributed by atoms with van der Waals surface area (Å²) >= 11 is 7.44. The first kappa shape index (κ1) is 18.6. The third-order valence-electron chi connectivity index (χ3n) is 4.63. The summed E-state index contributed by atoms with van der Waals surface area (Å²) in [5.74, 6) is -0.0712. The van der Waals surface area contributed by atoms with Crippen LogP contribution in [0, 0.1) is 12.8 Å². The molecule has 3 heterocycles. The first-order valence-electron chi connectivity index (χ1n) is 8.79. The van der Waals surface area contributed by atoms with Crippen LogP contribution in [-0.4, -0.2) is 33.1 Å². The Balaban J connectivity index is 1.48. The Labute approximate surface area is 170 Å². The summed E-state index contributed by atoms with van der Waals surface area (Å²) in [6.07, 6.45) is 3.53. The Kier molecular flexibility index (Phi) is 5.15. The standard InChI is InChI=1S/C19H18ClN5O2S/c1-12-9-22-25(10-13-3-2-4-15(20)7-13)17(12)23-18(27)14-8-16(26)24(11-14)19-21-5-6-28-19/h2-7,9,14H,8,10-11H2,1H3,(H,23,27).